The zero-order valence-electron chi connectivity index (χ0n) is 11.5. The van der Waals surface area contributed by atoms with Crippen LogP contribution in [0, 0.1) is 0 Å². The van der Waals surface area contributed by atoms with Gasteiger partial charge in [-0.15, -0.1) is 0 Å². The van der Waals surface area contributed by atoms with E-state index < -0.39 is 5.75 Å². The van der Waals surface area contributed by atoms with Gasteiger partial charge in [0.05, 0.1) is 12.3 Å². The first-order chi connectivity index (χ1) is 10.1. The third-order valence-corrected chi connectivity index (χ3v) is 3.59. The molecule has 0 amide bonds. The summed E-state index contributed by atoms with van der Waals surface area (Å²) in [5.74, 6) is -1.22. The smallest absolute Gasteiger partial charge is 0.200 e. The third-order valence-electron chi connectivity index (χ3n) is 3.59. The van der Waals surface area contributed by atoms with Crippen LogP contribution >= 0.6 is 0 Å². The van der Waals surface area contributed by atoms with Gasteiger partial charge >= 0.3 is 0 Å². The molecule has 106 valence electrons. The third kappa shape index (κ3) is 2.14. The maximum Gasteiger partial charge on any atom is 0.200 e. The normalized spacial score (nSPS) is 14.4. The van der Waals surface area contributed by atoms with Crippen molar-refractivity contribution in [2.75, 3.05) is 6.54 Å². The fraction of sp³-hybridized carbons (Fsp3) is 0.118. The molecule has 0 radical (unpaired) electrons. The molecule has 4 nitrogen and oxygen atoms in total. The van der Waals surface area contributed by atoms with Crippen LogP contribution in [0.5, 0.6) is 17.2 Å². The second-order valence-corrected chi connectivity index (χ2v) is 5.02. The van der Waals surface area contributed by atoms with Crippen molar-refractivity contribution in [1.82, 2.24) is 0 Å². The van der Waals surface area contributed by atoms with E-state index in [0.717, 1.165) is 16.7 Å². The molecule has 1 aliphatic rings. The molecule has 2 aromatic carbocycles. The van der Waals surface area contributed by atoms with Gasteiger partial charge in [-0.25, -0.2) is 0 Å². The van der Waals surface area contributed by atoms with Crippen LogP contribution in [0.3, 0.4) is 0 Å². The van der Waals surface area contributed by atoms with Gasteiger partial charge in [-0.3, -0.25) is 4.99 Å². The lowest BCUT2D eigenvalue weighted by Gasteiger charge is -2.12. The number of nitrogens with zero attached hydrogens (tertiary/aromatic N) is 1. The summed E-state index contributed by atoms with van der Waals surface area (Å²) >= 11 is 0. The van der Waals surface area contributed by atoms with Crippen molar-refractivity contribution in [3.05, 3.63) is 59.2 Å². The second kappa shape index (κ2) is 4.98. The zero-order chi connectivity index (χ0) is 15.0. The van der Waals surface area contributed by atoms with Gasteiger partial charge in [0.2, 0.25) is 5.75 Å². The fourth-order valence-electron chi connectivity index (χ4n) is 2.53. The van der Waals surface area contributed by atoms with Gasteiger partial charge in [0.15, 0.2) is 11.5 Å². The van der Waals surface area contributed by atoms with Gasteiger partial charge in [0, 0.05) is 11.1 Å². The highest BCUT2D eigenvalue weighted by Gasteiger charge is 2.24. The van der Waals surface area contributed by atoms with Crippen molar-refractivity contribution < 1.29 is 15.3 Å². The second-order valence-electron chi connectivity index (χ2n) is 5.02. The van der Waals surface area contributed by atoms with Gasteiger partial charge in [0.1, 0.15) is 0 Å². The largest absolute Gasteiger partial charge is 0.504 e. The van der Waals surface area contributed by atoms with Crippen LogP contribution in [0.25, 0.3) is 5.57 Å². The molecule has 0 aliphatic carbocycles. The number of phenols is 3. The van der Waals surface area contributed by atoms with Gasteiger partial charge in [-0.2, -0.15) is 0 Å². The Balaban J connectivity index is 2.14. The Morgan fingerprint density at radius 3 is 2.33 bits per heavy atom. The number of hydrogen-bond acceptors (Lipinski definition) is 4. The predicted molar refractivity (Wildman–Crippen MR) is 81.9 cm³/mol. The first-order valence-electron chi connectivity index (χ1n) is 6.64. The molecule has 0 unspecified atom stereocenters. The van der Waals surface area contributed by atoms with Crippen LogP contribution in [-0.4, -0.2) is 27.6 Å². The topological polar surface area (TPSA) is 73.0 Å². The first-order valence-corrected chi connectivity index (χ1v) is 6.64. The van der Waals surface area contributed by atoms with Crippen molar-refractivity contribution in [3.63, 3.8) is 0 Å². The summed E-state index contributed by atoms with van der Waals surface area (Å²) in [5, 5.41) is 29.2. The molecule has 0 saturated carbocycles. The van der Waals surface area contributed by atoms with Crippen molar-refractivity contribution in [2.45, 2.75) is 6.92 Å². The molecule has 3 rings (SSSR count). The summed E-state index contributed by atoms with van der Waals surface area (Å²) in [5.41, 5.74) is 4.12. The van der Waals surface area contributed by atoms with E-state index in [1.807, 2.05) is 37.3 Å². The van der Waals surface area contributed by atoms with Crippen molar-refractivity contribution in [3.8, 4) is 17.2 Å². The quantitative estimate of drug-likeness (QED) is 0.741. The standard InChI is InChI=1S/C17H15NO3/c1-10-9-18-15(14(10)11-5-3-2-4-6-11)12-7-8-13(19)17(21)16(12)20/h2-8,19-21H,9H2,1H3. The van der Waals surface area contributed by atoms with E-state index in [2.05, 4.69) is 4.99 Å². The minimum absolute atomic E-state index is 0.350. The van der Waals surface area contributed by atoms with Crippen molar-refractivity contribution in [1.29, 1.82) is 0 Å². The van der Waals surface area contributed by atoms with E-state index in [-0.39, 0.29) is 11.5 Å². The lowest BCUT2D eigenvalue weighted by Crippen LogP contribution is -2.03. The summed E-state index contributed by atoms with van der Waals surface area (Å²) in [7, 11) is 0. The number of hydrogen-bond donors (Lipinski definition) is 3. The highest BCUT2D eigenvalue weighted by Crippen LogP contribution is 2.40. The number of aliphatic imine (C=N–C) groups is 1. The highest BCUT2D eigenvalue weighted by atomic mass is 16.3. The molecule has 0 atom stereocenters. The molecule has 2 aromatic rings. The molecule has 0 bridgehead atoms. The summed E-state index contributed by atoms with van der Waals surface area (Å²) in [6, 6.07) is 12.7. The van der Waals surface area contributed by atoms with E-state index in [1.165, 1.54) is 6.07 Å². The van der Waals surface area contributed by atoms with Crippen molar-refractivity contribution in [2.24, 2.45) is 4.99 Å². The van der Waals surface area contributed by atoms with Gasteiger partial charge in [0.25, 0.3) is 0 Å². The van der Waals surface area contributed by atoms with Gasteiger partial charge in [-0.1, -0.05) is 30.3 Å². The van der Waals surface area contributed by atoms with Crippen molar-refractivity contribution >= 4 is 11.3 Å². The molecular weight excluding hydrogens is 266 g/mol. The zero-order valence-corrected chi connectivity index (χ0v) is 11.5. The Hall–Kier alpha value is -2.75. The highest BCUT2D eigenvalue weighted by molar-refractivity contribution is 6.34. The summed E-state index contributed by atoms with van der Waals surface area (Å²) in [6.07, 6.45) is 0. The van der Waals surface area contributed by atoms with Crippen LogP contribution in [0.2, 0.25) is 0 Å². The molecule has 0 aromatic heterocycles. The first kappa shape index (κ1) is 13.2. The fourth-order valence-corrected chi connectivity index (χ4v) is 2.53. The molecule has 3 N–H and O–H groups in total. The Bertz CT molecular complexity index is 761. The van der Waals surface area contributed by atoms with Crippen LogP contribution in [-0.2, 0) is 0 Å². The maximum absolute atomic E-state index is 10.1. The van der Waals surface area contributed by atoms with Crippen LogP contribution in [0.15, 0.2) is 53.0 Å². The van der Waals surface area contributed by atoms with Crippen LogP contribution < -0.4 is 0 Å². The average molecular weight is 281 g/mol. The average Bonchev–Trinajstić information content (AvgIpc) is 2.87. The lowest BCUT2D eigenvalue weighted by molar-refractivity contribution is 0.367. The summed E-state index contributed by atoms with van der Waals surface area (Å²) in [6.45, 7) is 2.55. The van der Waals surface area contributed by atoms with Gasteiger partial charge < -0.3 is 15.3 Å². The molecule has 1 aliphatic heterocycles. The van der Waals surface area contributed by atoms with E-state index >= 15 is 0 Å². The molecule has 1 heterocycles. The van der Waals surface area contributed by atoms with E-state index in [9.17, 15) is 15.3 Å². The minimum atomic E-state index is -0.521. The number of benzene rings is 2. The summed E-state index contributed by atoms with van der Waals surface area (Å²) < 4.78 is 0. The van der Waals surface area contributed by atoms with Gasteiger partial charge in [-0.05, 0) is 30.2 Å². The van der Waals surface area contributed by atoms with Crippen LogP contribution in [0.4, 0.5) is 0 Å². The van der Waals surface area contributed by atoms with E-state index in [0.29, 0.717) is 17.8 Å². The molecular formula is C17H15NO3. The molecule has 0 fully saturated rings. The Kier molecular flexibility index (Phi) is 3.14. The van der Waals surface area contributed by atoms with Crippen LogP contribution in [0.1, 0.15) is 18.1 Å². The van der Waals surface area contributed by atoms with E-state index in [4.69, 9.17) is 0 Å². The number of phenolic OH excluding ortho intramolecular Hbond substituents is 3. The monoisotopic (exact) mass is 281 g/mol. The number of allylic oxidation sites excluding steroid dienone is 1. The number of aromatic hydroxyl groups is 3. The Morgan fingerprint density at radius 2 is 1.62 bits per heavy atom. The Labute approximate surface area is 122 Å². The molecule has 4 heteroatoms. The molecule has 0 saturated heterocycles. The Morgan fingerprint density at radius 1 is 0.905 bits per heavy atom. The lowest BCUT2D eigenvalue weighted by atomic mass is 9.93. The van der Waals surface area contributed by atoms with E-state index in [1.54, 1.807) is 6.07 Å². The summed E-state index contributed by atoms with van der Waals surface area (Å²) in [4.78, 5) is 4.47. The number of rotatable bonds is 2. The SMILES string of the molecule is CC1=C(c2ccccc2)C(c2ccc(O)c(O)c2O)=NC1. The molecule has 0 spiro atoms. The maximum atomic E-state index is 10.1. The minimum Gasteiger partial charge on any atom is -0.504 e. The predicted octanol–water partition coefficient (Wildman–Crippen LogP) is 3.08. The molecule has 21 heavy (non-hydrogen) atoms.